The fourth-order valence-corrected chi connectivity index (χ4v) is 6.04. The van der Waals surface area contributed by atoms with Gasteiger partial charge in [-0.05, 0) is 74.3 Å². The molecule has 3 N–H and O–H groups in total. The summed E-state index contributed by atoms with van der Waals surface area (Å²) in [7, 11) is 0. The van der Waals surface area contributed by atoms with Gasteiger partial charge < -0.3 is 15.5 Å². The van der Waals surface area contributed by atoms with Crippen LogP contribution in [0.1, 0.15) is 56.2 Å². The van der Waals surface area contributed by atoms with Crippen LogP contribution < -0.4 is 5.32 Å². The predicted octanol–water partition coefficient (Wildman–Crippen LogP) is 6.41. The van der Waals surface area contributed by atoms with E-state index < -0.39 is 34.6 Å². The first-order chi connectivity index (χ1) is 17.2. The summed E-state index contributed by atoms with van der Waals surface area (Å²) in [5.41, 5.74) is -1.14. The van der Waals surface area contributed by atoms with Gasteiger partial charge in [-0.3, -0.25) is 4.79 Å². The highest BCUT2D eigenvalue weighted by Crippen LogP contribution is 2.50. The lowest BCUT2D eigenvalue weighted by Crippen LogP contribution is -2.43. The van der Waals surface area contributed by atoms with Gasteiger partial charge in [-0.25, -0.2) is 15.0 Å². The van der Waals surface area contributed by atoms with Crippen molar-refractivity contribution in [3.8, 4) is 10.6 Å². The highest BCUT2D eigenvalue weighted by atomic mass is 32.1. The van der Waals surface area contributed by atoms with Crippen LogP contribution in [0.25, 0.3) is 10.6 Å². The Morgan fingerprint density at radius 3 is 2.54 bits per heavy atom. The Morgan fingerprint density at radius 2 is 1.89 bits per heavy atom. The smallest absolute Gasteiger partial charge is 0.416 e. The maximum Gasteiger partial charge on any atom is 0.416 e. The molecule has 11 heteroatoms. The number of rotatable bonds is 6. The van der Waals surface area contributed by atoms with Crippen LogP contribution in [-0.4, -0.2) is 31.1 Å². The zero-order valence-corrected chi connectivity index (χ0v) is 21.7. The van der Waals surface area contributed by atoms with Gasteiger partial charge in [0.25, 0.3) is 0 Å². The molecule has 1 fully saturated rings. The number of hydrogen-bond donors (Lipinski definition) is 3. The van der Waals surface area contributed by atoms with Crippen LogP contribution in [0.3, 0.4) is 0 Å². The van der Waals surface area contributed by atoms with Crippen LogP contribution >= 0.6 is 11.3 Å². The van der Waals surface area contributed by atoms with Gasteiger partial charge in [0.15, 0.2) is 0 Å². The first-order valence-corrected chi connectivity index (χ1v) is 12.7. The molecule has 7 nitrogen and oxygen atoms in total. The summed E-state index contributed by atoms with van der Waals surface area (Å²) in [6.45, 7) is 7.40. The van der Waals surface area contributed by atoms with E-state index in [-0.39, 0.29) is 11.7 Å². The number of aromatic nitrogens is 3. The molecule has 198 valence electrons. The second-order valence-corrected chi connectivity index (χ2v) is 11.5. The monoisotopic (exact) mass is 534 g/mol. The molecule has 0 saturated heterocycles. The van der Waals surface area contributed by atoms with Gasteiger partial charge in [-0.2, -0.15) is 13.2 Å². The van der Waals surface area contributed by atoms with E-state index in [1.165, 1.54) is 11.3 Å². The molecule has 0 aromatic carbocycles. The van der Waals surface area contributed by atoms with Crippen molar-refractivity contribution < 1.29 is 28.2 Å². The number of aliphatic carboxylic acids is 1. The molecule has 1 unspecified atom stereocenters. The minimum Gasteiger partial charge on any atom is -0.481 e. The molecule has 0 spiro atoms. The Bertz CT molecular complexity index is 1310. The molecule has 1 aliphatic rings. The Balaban J connectivity index is 1.57. The maximum atomic E-state index is 13.1. The second kappa shape index (κ2) is 9.68. The van der Waals surface area contributed by atoms with Crippen LogP contribution in [0.15, 0.2) is 36.7 Å². The first-order valence-electron chi connectivity index (χ1n) is 11.9. The summed E-state index contributed by atoms with van der Waals surface area (Å²) in [6.07, 6.45) is -0.168. The number of hydrogen-bond acceptors (Lipinski definition) is 7. The molecule has 0 bridgehead atoms. The van der Waals surface area contributed by atoms with Crippen molar-refractivity contribution in [3.05, 3.63) is 52.8 Å². The molecule has 1 aliphatic carbocycles. The Labute approximate surface area is 216 Å². The Kier molecular flexibility index (Phi) is 7.06. The summed E-state index contributed by atoms with van der Waals surface area (Å²) in [4.78, 5) is 25.3. The molecular formula is C26H29F3N4O3S. The van der Waals surface area contributed by atoms with E-state index in [0.717, 1.165) is 23.9 Å². The highest BCUT2D eigenvalue weighted by Gasteiger charge is 2.47. The van der Waals surface area contributed by atoms with E-state index in [9.17, 15) is 28.2 Å². The molecule has 0 radical (unpaired) electrons. The number of halogens is 3. The number of carboxylic acids is 1. The summed E-state index contributed by atoms with van der Waals surface area (Å²) < 4.78 is 39.2. The third-order valence-corrected chi connectivity index (χ3v) is 8.36. The molecule has 1 saturated carbocycles. The lowest BCUT2D eigenvalue weighted by Gasteiger charge is -2.44. The minimum atomic E-state index is -4.48. The van der Waals surface area contributed by atoms with Crippen molar-refractivity contribution in [1.29, 1.82) is 0 Å². The lowest BCUT2D eigenvalue weighted by atomic mass is 9.62. The molecular weight excluding hydrogens is 505 g/mol. The fraction of sp³-hybridized carbons (Fsp3) is 0.462. The molecule has 3 heterocycles. The molecule has 4 rings (SSSR count). The molecule has 3 atom stereocenters. The zero-order valence-electron chi connectivity index (χ0n) is 20.9. The molecule has 3 aromatic rings. The molecule has 0 amide bonds. The van der Waals surface area contributed by atoms with E-state index in [1.807, 2.05) is 26.8 Å². The van der Waals surface area contributed by atoms with Crippen molar-refractivity contribution in [1.82, 2.24) is 15.0 Å². The number of aryl methyl sites for hydroxylation is 1. The van der Waals surface area contributed by atoms with E-state index >= 15 is 0 Å². The van der Waals surface area contributed by atoms with Gasteiger partial charge in [-0.1, -0.05) is 13.8 Å². The molecule has 3 aromatic heterocycles. The van der Waals surface area contributed by atoms with Crippen LogP contribution in [0, 0.1) is 24.2 Å². The normalized spacial score (nSPS) is 21.3. The Morgan fingerprint density at radius 1 is 1.16 bits per heavy atom. The van der Waals surface area contributed by atoms with Crippen molar-refractivity contribution >= 4 is 28.9 Å². The van der Waals surface area contributed by atoms with Crippen LogP contribution in [0.4, 0.5) is 24.8 Å². The third-order valence-electron chi connectivity index (χ3n) is 7.12. The number of anilines is 2. The van der Waals surface area contributed by atoms with Gasteiger partial charge in [-0.15, -0.1) is 11.3 Å². The zero-order chi connectivity index (χ0) is 27.2. The topological polar surface area (TPSA) is 108 Å². The lowest BCUT2D eigenvalue weighted by molar-refractivity contribution is -0.151. The number of carbonyl (C=O) groups is 1. The second-order valence-electron chi connectivity index (χ2n) is 10.5. The number of thiazole rings is 1. The van der Waals surface area contributed by atoms with Crippen LogP contribution in [-0.2, 0) is 16.6 Å². The number of aliphatic hydroxyl groups is 1. The summed E-state index contributed by atoms with van der Waals surface area (Å²) in [6, 6.07) is 5.36. The van der Waals surface area contributed by atoms with Gasteiger partial charge in [0.2, 0.25) is 0 Å². The summed E-state index contributed by atoms with van der Waals surface area (Å²) >= 11 is 1.29. The minimum absolute atomic E-state index is 0.0198. The van der Waals surface area contributed by atoms with Gasteiger partial charge in [0.1, 0.15) is 22.2 Å². The van der Waals surface area contributed by atoms with Crippen LogP contribution in [0.2, 0.25) is 0 Å². The van der Waals surface area contributed by atoms with E-state index in [2.05, 4.69) is 20.3 Å². The fourth-order valence-electron chi connectivity index (χ4n) is 5.04. The van der Waals surface area contributed by atoms with Crippen molar-refractivity contribution in [3.63, 3.8) is 0 Å². The van der Waals surface area contributed by atoms with Crippen molar-refractivity contribution in [2.75, 3.05) is 5.32 Å². The molecule has 0 aliphatic heterocycles. The summed E-state index contributed by atoms with van der Waals surface area (Å²) in [5, 5.41) is 24.4. The number of alkyl halides is 3. The summed E-state index contributed by atoms with van der Waals surface area (Å²) in [5.74, 6) is -1.08. The van der Waals surface area contributed by atoms with Crippen molar-refractivity contribution in [2.24, 2.45) is 17.3 Å². The van der Waals surface area contributed by atoms with Crippen LogP contribution in [0.5, 0.6) is 0 Å². The average molecular weight is 535 g/mol. The van der Waals surface area contributed by atoms with E-state index in [4.69, 9.17) is 0 Å². The standard InChI is InChI=1S/C26H29F3N4O3S/c1-14-9-18(32-21(10-14)33-20-11-15(7-8-30-20)26(27,28)29)19-13-31-23(37-19)25(4,36)16-5-6-17(22(34)35)24(2,3)12-16/h7-11,13,16-17,36H,5-6,12H2,1-4H3,(H,34,35)(H,30,32,33)/t16-,17-,25?/m1/s1. The number of carboxylic acid groups (broad SMARTS) is 1. The largest absolute Gasteiger partial charge is 0.481 e. The predicted molar refractivity (Wildman–Crippen MR) is 134 cm³/mol. The number of nitrogens with one attached hydrogen (secondary N) is 1. The van der Waals surface area contributed by atoms with E-state index in [1.54, 1.807) is 19.2 Å². The highest BCUT2D eigenvalue weighted by molar-refractivity contribution is 7.15. The van der Waals surface area contributed by atoms with E-state index in [0.29, 0.717) is 40.7 Å². The van der Waals surface area contributed by atoms with Gasteiger partial charge in [0, 0.05) is 12.4 Å². The average Bonchev–Trinajstić information content (AvgIpc) is 3.29. The van der Waals surface area contributed by atoms with Gasteiger partial charge >= 0.3 is 12.1 Å². The number of nitrogens with zero attached hydrogens (tertiary/aromatic N) is 3. The first kappa shape index (κ1) is 27.0. The SMILES string of the molecule is Cc1cc(Nc2cc(C(F)(F)F)ccn2)nc(-c2cnc(C(C)(O)[C@@H]3CC[C@H](C(=O)O)C(C)(C)C3)s2)c1. The number of pyridine rings is 2. The third kappa shape index (κ3) is 5.77. The maximum absolute atomic E-state index is 13.1. The molecule has 37 heavy (non-hydrogen) atoms. The van der Waals surface area contributed by atoms with Crippen molar-refractivity contribution in [2.45, 2.75) is 58.7 Å². The Hall–Kier alpha value is -3.05. The van der Waals surface area contributed by atoms with Gasteiger partial charge in [0.05, 0.1) is 22.1 Å². The quantitative estimate of drug-likeness (QED) is 0.336.